The first-order chi connectivity index (χ1) is 14.2. The van der Waals surface area contributed by atoms with Gasteiger partial charge in [-0.25, -0.2) is 0 Å². The lowest BCUT2D eigenvalue weighted by atomic mass is 10.1. The van der Waals surface area contributed by atoms with Crippen LogP contribution in [-0.2, 0) is 17.9 Å². The van der Waals surface area contributed by atoms with Gasteiger partial charge in [0.2, 0.25) is 11.7 Å². The monoisotopic (exact) mass is 392 g/mol. The molecule has 0 saturated carbocycles. The molecule has 3 aromatic rings. The van der Waals surface area contributed by atoms with E-state index in [2.05, 4.69) is 26.0 Å². The number of carbonyl (C=O) groups is 2. The Morgan fingerprint density at radius 2 is 1.86 bits per heavy atom. The van der Waals surface area contributed by atoms with Gasteiger partial charge >= 0.3 is 0 Å². The third-order valence-electron chi connectivity index (χ3n) is 4.26. The summed E-state index contributed by atoms with van der Waals surface area (Å²) < 4.78 is 0. The normalized spacial score (nSPS) is 10.5. The van der Waals surface area contributed by atoms with Crippen molar-refractivity contribution in [2.75, 3.05) is 6.54 Å². The van der Waals surface area contributed by atoms with Crippen molar-refractivity contribution in [3.05, 3.63) is 65.7 Å². The van der Waals surface area contributed by atoms with Crippen LogP contribution in [0.5, 0.6) is 0 Å². The highest BCUT2D eigenvalue weighted by Gasteiger charge is 2.08. The standard InChI is InChI=1S/C21H24N6O2/c1-2-22-21(29)18-11-6-8-16(14-18)15-23-19(28)12-7-13-27-25-20(24-26-27)17-9-4-3-5-10-17/h3-6,8-11,14H,2,7,12-13,15H2,1H3,(H,22,29)(H,23,28). The van der Waals surface area contributed by atoms with Gasteiger partial charge in [0.1, 0.15) is 0 Å². The lowest BCUT2D eigenvalue weighted by Crippen LogP contribution is -2.24. The predicted molar refractivity (Wildman–Crippen MR) is 109 cm³/mol. The maximum Gasteiger partial charge on any atom is 0.251 e. The minimum atomic E-state index is -0.115. The number of hydrogen-bond acceptors (Lipinski definition) is 5. The van der Waals surface area contributed by atoms with Crippen molar-refractivity contribution in [2.24, 2.45) is 0 Å². The van der Waals surface area contributed by atoms with Gasteiger partial charge < -0.3 is 10.6 Å². The summed E-state index contributed by atoms with van der Waals surface area (Å²) in [6.07, 6.45) is 0.966. The summed E-state index contributed by atoms with van der Waals surface area (Å²) in [7, 11) is 0. The van der Waals surface area contributed by atoms with Crippen LogP contribution >= 0.6 is 0 Å². The Morgan fingerprint density at radius 1 is 1.03 bits per heavy atom. The Kier molecular flexibility index (Phi) is 7.05. The van der Waals surface area contributed by atoms with Crippen LogP contribution in [0.25, 0.3) is 11.4 Å². The van der Waals surface area contributed by atoms with E-state index >= 15 is 0 Å². The third-order valence-corrected chi connectivity index (χ3v) is 4.26. The van der Waals surface area contributed by atoms with Crippen LogP contribution in [0.3, 0.4) is 0 Å². The quantitative estimate of drug-likeness (QED) is 0.581. The molecule has 29 heavy (non-hydrogen) atoms. The number of rotatable bonds is 9. The van der Waals surface area contributed by atoms with Crippen molar-refractivity contribution in [2.45, 2.75) is 32.9 Å². The molecule has 2 aromatic carbocycles. The molecule has 0 saturated heterocycles. The molecule has 3 rings (SSSR count). The molecular formula is C21H24N6O2. The number of nitrogens with zero attached hydrogens (tertiary/aromatic N) is 4. The Balaban J connectivity index is 1.42. The molecule has 0 aliphatic carbocycles. The van der Waals surface area contributed by atoms with Gasteiger partial charge in [0, 0.05) is 30.6 Å². The van der Waals surface area contributed by atoms with Crippen molar-refractivity contribution in [1.29, 1.82) is 0 Å². The molecule has 2 amide bonds. The van der Waals surface area contributed by atoms with Crippen molar-refractivity contribution in [3.8, 4) is 11.4 Å². The van der Waals surface area contributed by atoms with E-state index in [1.165, 1.54) is 4.80 Å². The highest BCUT2D eigenvalue weighted by Crippen LogP contribution is 2.12. The van der Waals surface area contributed by atoms with Gasteiger partial charge in [0.05, 0.1) is 6.54 Å². The maximum atomic E-state index is 12.1. The number of aryl methyl sites for hydroxylation is 1. The van der Waals surface area contributed by atoms with Gasteiger partial charge in [0.25, 0.3) is 5.91 Å². The summed E-state index contributed by atoms with van der Waals surface area (Å²) in [5.41, 5.74) is 2.38. The summed E-state index contributed by atoms with van der Waals surface area (Å²) in [6.45, 7) is 3.35. The first kappa shape index (κ1) is 20.2. The molecule has 0 fully saturated rings. The number of benzene rings is 2. The molecule has 0 aliphatic rings. The van der Waals surface area contributed by atoms with Crippen molar-refractivity contribution >= 4 is 11.8 Å². The summed E-state index contributed by atoms with van der Waals surface area (Å²) in [5.74, 6) is 0.398. The van der Waals surface area contributed by atoms with Crippen LogP contribution in [-0.4, -0.2) is 38.6 Å². The Morgan fingerprint density at radius 3 is 2.66 bits per heavy atom. The second-order valence-corrected chi connectivity index (χ2v) is 6.52. The molecule has 0 spiro atoms. The fourth-order valence-corrected chi connectivity index (χ4v) is 2.80. The fourth-order valence-electron chi connectivity index (χ4n) is 2.80. The van der Waals surface area contributed by atoms with Crippen LogP contribution in [0.1, 0.15) is 35.7 Å². The molecule has 0 unspecified atom stereocenters. The summed E-state index contributed by atoms with van der Waals surface area (Å²) in [5, 5.41) is 18.1. The van der Waals surface area contributed by atoms with Crippen LogP contribution in [0, 0.1) is 0 Å². The first-order valence-corrected chi connectivity index (χ1v) is 9.63. The van der Waals surface area contributed by atoms with Gasteiger partial charge in [-0.1, -0.05) is 42.5 Å². The molecule has 0 radical (unpaired) electrons. The molecule has 8 nitrogen and oxygen atoms in total. The molecule has 1 aromatic heterocycles. The van der Waals surface area contributed by atoms with Crippen LogP contribution in [0.2, 0.25) is 0 Å². The van der Waals surface area contributed by atoms with E-state index in [-0.39, 0.29) is 11.8 Å². The molecule has 0 atom stereocenters. The second-order valence-electron chi connectivity index (χ2n) is 6.52. The number of carbonyl (C=O) groups excluding carboxylic acids is 2. The summed E-state index contributed by atoms with van der Waals surface area (Å²) in [6, 6.07) is 16.9. The zero-order valence-electron chi connectivity index (χ0n) is 16.3. The average Bonchev–Trinajstić information content (AvgIpc) is 3.22. The van der Waals surface area contributed by atoms with E-state index in [9.17, 15) is 9.59 Å². The molecule has 1 heterocycles. The molecule has 0 aliphatic heterocycles. The molecular weight excluding hydrogens is 368 g/mol. The smallest absolute Gasteiger partial charge is 0.251 e. The Hall–Kier alpha value is -3.55. The van der Waals surface area contributed by atoms with E-state index in [1.54, 1.807) is 12.1 Å². The zero-order chi connectivity index (χ0) is 20.5. The van der Waals surface area contributed by atoms with E-state index in [0.29, 0.717) is 43.9 Å². The Bertz CT molecular complexity index is 955. The average molecular weight is 392 g/mol. The van der Waals surface area contributed by atoms with Crippen LogP contribution in [0.4, 0.5) is 0 Å². The largest absolute Gasteiger partial charge is 0.352 e. The van der Waals surface area contributed by atoms with E-state index in [0.717, 1.165) is 11.1 Å². The van der Waals surface area contributed by atoms with Gasteiger partial charge in [-0.05, 0) is 36.3 Å². The Labute approximate surface area is 169 Å². The topological polar surface area (TPSA) is 102 Å². The van der Waals surface area contributed by atoms with E-state index in [1.807, 2.05) is 49.4 Å². The predicted octanol–water partition coefficient (Wildman–Crippen LogP) is 2.19. The SMILES string of the molecule is CCNC(=O)c1cccc(CNC(=O)CCCn2nnc(-c3ccccc3)n2)c1. The molecule has 2 N–H and O–H groups in total. The zero-order valence-corrected chi connectivity index (χ0v) is 16.3. The van der Waals surface area contributed by atoms with Crippen LogP contribution in [0.15, 0.2) is 54.6 Å². The third kappa shape index (κ3) is 5.97. The lowest BCUT2D eigenvalue weighted by molar-refractivity contribution is -0.121. The van der Waals surface area contributed by atoms with Crippen molar-refractivity contribution in [1.82, 2.24) is 30.8 Å². The molecule has 0 bridgehead atoms. The first-order valence-electron chi connectivity index (χ1n) is 9.63. The van der Waals surface area contributed by atoms with Gasteiger partial charge in [-0.2, -0.15) is 4.80 Å². The second kappa shape index (κ2) is 10.1. The number of nitrogens with one attached hydrogen (secondary N) is 2. The highest BCUT2D eigenvalue weighted by atomic mass is 16.2. The summed E-state index contributed by atoms with van der Waals surface area (Å²) in [4.78, 5) is 25.5. The fraction of sp³-hybridized carbons (Fsp3) is 0.286. The van der Waals surface area contributed by atoms with E-state index in [4.69, 9.17) is 0 Å². The van der Waals surface area contributed by atoms with Crippen LogP contribution < -0.4 is 10.6 Å². The highest BCUT2D eigenvalue weighted by molar-refractivity contribution is 5.94. The van der Waals surface area contributed by atoms with E-state index < -0.39 is 0 Å². The minimum absolute atomic E-state index is 0.0585. The number of amides is 2. The van der Waals surface area contributed by atoms with Gasteiger partial charge in [-0.3, -0.25) is 9.59 Å². The maximum absolute atomic E-state index is 12.1. The molecule has 8 heteroatoms. The van der Waals surface area contributed by atoms with Gasteiger partial charge in [-0.15, -0.1) is 10.2 Å². The van der Waals surface area contributed by atoms with Gasteiger partial charge in [0.15, 0.2) is 0 Å². The number of tetrazole rings is 1. The number of aromatic nitrogens is 4. The van der Waals surface area contributed by atoms with Crippen molar-refractivity contribution < 1.29 is 9.59 Å². The van der Waals surface area contributed by atoms with Crippen molar-refractivity contribution in [3.63, 3.8) is 0 Å². The molecule has 150 valence electrons. The lowest BCUT2D eigenvalue weighted by Gasteiger charge is -2.07. The number of hydrogen-bond donors (Lipinski definition) is 2. The minimum Gasteiger partial charge on any atom is -0.352 e. The summed E-state index contributed by atoms with van der Waals surface area (Å²) >= 11 is 0.